The number of nitrogens with zero attached hydrogens (tertiary/aromatic N) is 1. The van der Waals surface area contributed by atoms with Crippen molar-refractivity contribution in [2.75, 3.05) is 0 Å². The standard InChI is InChI=1S/C20H15NO/c1-14-11-12-19-17(13-14)21-20(15-7-3-2-4-8-15)16-9-5-6-10-18(16)22-19/h2-13H,1H3. The van der Waals surface area contributed by atoms with Crippen molar-refractivity contribution in [3.63, 3.8) is 0 Å². The molecule has 1 aliphatic rings. The fourth-order valence-electron chi connectivity index (χ4n) is 2.67. The Morgan fingerprint density at radius 2 is 1.55 bits per heavy atom. The summed E-state index contributed by atoms with van der Waals surface area (Å²) in [6.07, 6.45) is 0. The van der Waals surface area contributed by atoms with Crippen molar-refractivity contribution < 1.29 is 4.74 Å². The van der Waals surface area contributed by atoms with Crippen LogP contribution in [0.4, 0.5) is 5.69 Å². The number of hydrogen-bond donors (Lipinski definition) is 0. The molecule has 0 spiro atoms. The molecule has 0 saturated carbocycles. The van der Waals surface area contributed by atoms with Gasteiger partial charge in [-0.1, -0.05) is 48.5 Å². The van der Waals surface area contributed by atoms with E-state index in [-0.39, 0.29) is 0 Å². The van der Waals surface area contributed by atoms with Crippen molar-refractivity contribution in [1.82, 2.24) is 0 Å². The second-order valence-corrected chi connectivity index (χ2v) is 5.40. The molecule has 1 aliphatic heterocycles. The molecular weight excluding hydrogens is 270 g/mol. The molecule has 106 valence electrons. The van der Waals surface area contributed by atoms with Gasteiger partial charge >= 0.3 is 0 Å². The third kappa shape index (κ3) is 2.19. The Bertz CT molecular complexity index is 866. The fraction of sp³-hybridized carbons (Fsp3) is 0.0500. The number of rotatable bonds is 1. The summed E-state index contributed by atoms with van der Waals surface area (Å²) < 4.78 is 6.09. The number of benzene rings is 3. The smallest absolute Gasteiger partial charge is 0.153 e. The SMILES string of the molecule is Cc1ccc2c(c1)N=C(c1ccccc1)c1ccccc1O2. The van der Waals surface area contributed by atoms with Gasteiger partial charge in [0.2, 0.25) is 0 Å². The molecule has 3 aromatic carbocycles. The molecule has 2 nitrogen and oxygen atoms in total. The fourth-order valence-corrected chi connectivity index (χ4v) is 2.67. The van der Waals surface area contributed by atoms with Crippen LogP contribution in [-0.4, -0.2) is 5.71 Å². The molecule has 0 aliphatic carbocycles. The van der Waals surface area contributed by atoms with E-state index in [1.54, 1.807) is 0 Å². The first-order valence-electron chi connectivity index (χ1n) is 7.33. The van der Waals surface area contributed by atoms with Crippen LogP contribution in [-0.2, 0) is 0 Å². The molecule has 0 unspecified atom stereocenters. The zero-order chi connectivity index (χ0) is 14.9. The van der Waals surface area contributed by atoms with E-state index in [0.717, 1.165) is 34.0 Å². The molecule has 0 atom stereocenters. The molecule has 0 radical (unpaired) electrons. The van der Waals surface area contributed by atoms with Gasteiger partial charge in [-0.25, -0.2) is 4.99 Å². The molecule has 3 aromatic rings. The Hall–Kier alpha value is -2.87. The van der Waals surface area contributed by atoms with Crippen LogP contribution in [0, 0.1) is 6.92 Å². The second kappa shape index (κ2) is 5.15. The van der Waals surface area contributed by atoms with Gasteiger partial charge in [-0.3, -0.25) is 0 Å². The topological polar surface area (TPSA) is 21.6 Å². The summed E-state index contributed by atoms with van der Waals surface area (Å²) in [5.41, 5.74) is 5.09. The molecule has 0 bridgehead atoms. The number of para-hydroxylation sites is 1. The lowest BCUT2D eigenvalue weighted by Gasteiger charge is -2.09. The number of fused-ring (bicyclic) bond motifs is 2. The third-order valence-corrected chi connectivity index (χ3v) is 3.76. The van der Waals surface area contributed by atoms with Crippen molar-refractivity contribution in [3.05, 3.63) is 89.5 Å². The predicted molar refractivity (Wildman–Crippen MR) is 89.4 cm³/mol. The molecule has 0 aromatic heterocycles. The quantitative estimate of drug-likeness (QED) is 0.467. The van der Waals surface area contributed by atoms with Crippen LogP contribution in [0.3, 0.4) is 0 Å². The van der Waals surface area contributed by atoms with Gasteiger partial charge in [0, 0.05) is 11.1 Å². The minimum atomic E-state index is 0.795. The lowest BCUT2D eigenvalue weighted by Crippen LogP contribution is -2.03. The van der Waals surface area contributed by atoms with E-state index in [1.807, 2.05) is 48.5 Å². The normalized spacial score (nSPS) is 12.5. The number of aliphatic imine (C=N–C) groups is 1. The molecule has 22 heavy (non-hydrogen) atoms. The van der Waals surface area contributed by atoms with Crippen LogP contribution in [0.15, 0.2) is 77.8 Å². The average Bonchev–Trinajstić information content (AvgIpc) is 2.72. The summed E-state index contributed by atoms with van der Waals surface area (Å²) in [5, 5.41) is 0. The van der Waals surface area contributed by atoms with E-state index in [2.05, 4.69) is 31.2 Å². The monoisotopic (exact) mass is 285 g/mol. The molecular formula is C20H15NO. The van der Waals surface area contributed by atoms with Gasteiger partial charge in [-0.05, 0) is 36.8 Å². The van der Waals surface area contributed by atoms with Crippen LogP contribution in [0.2, 0.25) is 0 Å². The first kappa shape index (κ1) is 12.8. The predicted octanol–water partition coefficient (Wildman–Crippen LogP) is 5.27. The maximum atomic E-state index is 6.09. The molecule has 0 saturated heterocycles. The lowest BCUT2D eigenvalue weighted by molar-refractivity contribution is 0.484. The third-order valence-electron chi connectivity index (χ3n) is 3.76. The maximum Gasteiger partial charge on any atom is 0.153 e. The summed E-state index contributed by atoms with van der Waals surface area (Å²) in [4.78, 5) is 4.90. The van der Waals surface area contributed by atoms with Gasteiger partial charge in [-0.2, -0.15) is 0 Å². The van der Waals surface area contributed by atoms with E-state index in [4.69, 9.17) is 9.73 Å². The van der Waals surface area contributed by atoms with Gasteiger partial charge in [0.05, 0.1) is 5.71 Å². The first-order chi connectivity index (χ1) is 10.8. The maximum absolute atomic E-state index is 6.09. The summed E-state index contributed by atoms with van der Waals surface area (Å²) >= 11 is 0. The van der Waals surface area contributed by atoms with Crippen molar-refractivity contribution >= 4 is 11.4 Å². The van der Waals surface area contributed by atoms with E-state index < -0.39 is 0 Å². The van der Waals surface area contributed by atoms with Crippen molar-refractivity contribution in [2.45, 2.75) is 6.92 Å². The Balaban J connectivity index is 2.00. The molecule has 4 rings (SSSR count). The summed E-state index contributed by atoms with van der Waals surface area (Å²) in [7, 11) is 0. The van der Waals surface area contributed by atoms with Crippen molar-refractivity contribution in [2.24, 2.45) is 4.99 Å². The highest BCUT2D eigenvalue weighted by molar-refractivity contribution is 6.16. The molecule has 1 heterocycles. The lowest BCUT2D eigenvalue weighted by atomic mass is 10.0. The van der Waals surface area contributed by atoms with Crippen LogP contribution in [0.5, 0.6) is 11.5 Å². The summed E-state index contributed by atoms with van der Waals surface area (Å²) in [5.74, 6) is 1.64. The molecule has 0 N–H and O–H groups in total. The minimum Gasteiger partial charge on any atom is -0.454 e. The van der Waals surface area contributed by atoms with Crippen LogP contribution in [0.25, 0.3) is 0 Å². The van der Waals surface area contributed by atoms with Gasteiger partial charge in [0.15, 0.2) is 5.75 Å². The minimum absolute atomic E-state index is 0.795. The van der Waals surface area contributed by atoms with Crippen LogP contribution < -0.4 is 4.74 Å². The Kier molecular flexibility index (Phi) is 3.01. The second-order valence-electron chi connectivity index (χ2n) is 5.40. The Morgan fingerprint density at radius 3 is 2.41 bits per heavy atom. The summed E-state index contributed by atoms with van der Waals surface area (Å²) in [6.45, 7) is 2.07. The highest BCUT2D eigenvalue weighted by Crippen LogP contribution is 2.39. The van der Waals surface area contributed by atoms with Crippen molar-refractivity contribution in [1.29, 1.82) is 0 Å². The first-order valence-corrected chi connectivity index (χ1v) is 7.33. The van der Waals surface area contributed by atoms with Gasteiger partial charge in [0.25, 0.3) is 0 Å². The van der Waals surface area contributed by atoms with E-state index in [0.29, 0.717) is 0 Å². The highest BCUT2D eigenvalue weighted by Gasteiger charge is 2.18. The van der Waals surface area contributed by atoms with Gasteiger partial charge < -0.3 is 4.74 Å². The largest absolute Gasteiger partial charge is 0.454 e. The van der Waals surface area contributed by atoms with Crippen LogP contribution >= 0.6 is 0 Å². The molecule has 0 fully saturated rings. The van der Waals surface area contributed by atoms with Gasteiger partial charge in [-0.15, -0.1) is 0 Å². The zero-order valence-corrected chi connectivity index (χ0v) is 12.3. The van der Waals surface area contributed by atoms with E-state index in [1.165, 1.54) is 5.56 Å². The van der Waals surface area contributed by atoms with E-state index in [9.17, 15) is 0 Å². The Labute approximate surface area is 129 Å². The van der Waals surface area contributed by atoms with Crippen LogP contribution in [0.1, 0.15) is 16.7 Å². The average molecular weight is 285 g/mol. The van der Waals surface area contributed by atoms with Crippen molar-refractivity contribution in [3.8, 4) is 11.5 Å². The molecule has 2 heteroatoms. The van der Waals surface area contributed by atoms with Gasteiger partial charge in [0.1, 0.15) is 11.4 Å². The number of aryl methyl sites for hydroxylation is 1. The number of hydrogen-bond acceptors (Lipinski definition) is 2. The number of ether oxygens (including phenoxy) is 1. The zero-order valence-electron chi connectivity index (χ0n) is 12.3. The van der Waals surface area contributed by atoms with E-state index >= 15 is 0 Å². The summed E-state index contributed by atoms with van der Waals surface area (Å²) in [6, 6.07) is 24.4. The molecule has 0 amide bonds. The highest BCUT2D eigenvalue weighted by atomic mass is 16.5. The Morgan fingerprint density at radius 1 is 0.773 bits per heavy atom.